The molecular weight excluding hydrogens is 278 g/mol. The van der Waals surface area contributed by atoms with Crippen molar-refractivity contribution in [1.82, 2.24) is 0 Å². The van der Waals surface area contributed by atoms with Gasteiger partial charge in [0.25, 0.3) is 0 Å². The van der Waals surface area contributed by atoms with Crippen molar-refractivity contribution < 1.29 is 15.3 Å². The van der Waals surface area contributed by atoms with Gasteiger partial charge in [-0.1, -0.05) is 11.6 Å². The largest absolute Gasteiger partial charge is 0.508 e. The Morgan fingerprint density at radius 2 is 1.75 bits per heavy atom. The molecule has 0 atom stereocenters. The molecule has 3 N–H and O–H groups in total. The molecule has 0 unspecified atom stereocenters. The maximum absolute atomic E-state index is 9.74. The number of fused-ring (bicyclic) bond motifs is 1. The van der Waals surface area contributed by atoms with Gasteiger partial charge in [0.1, 0.15) is 5.75 Å². The van der Waals surface area contributed by atoms with Crippen molar-refractivity contribution in [2.24, 2.45) is 4.99 Å². The van der Waals surface area contributed by atoms with Gasteiger partial charge in [0.2, 0.25) is 0 Å². The summed E-state index contributed by atoms with van der Waals surface area (Å²) in [5, 5.41) is 28.9. The first-order valence-corrected chi connectivity index (χ1v) is 6.53. The zero-order valence-electron chi connectivity index (χ0n) is 10.5. The van der Waals surface area contributed by atoms with Gasteiger partial charge in [-0.2, -0.15) is 0 Å². The van der Waals surface area contributed by atoms with Gasteiger partial charge in [0, 0.05) is 17.7 Å². The van der Waals surface area contributed by atoms with E-state index >= 15 is 0 Å². The highest BCUT2D eigenvalue weighted by Crippen LogP contribution is 2.40. The lowest BCUT2D eigenvalue weighted by molar-refractivity contribution is 0.403. The van der Waals surface area contributed by atoms with Crippen LogP contribution >= 0.6 is 11.6 Å². The lowest BCUT2D eigenvalue weighted by Crippen LogP contribution is -2.14. The molecular formula is C15H12ClNO3. The van der Waals surface area contributed by atoms with E-state index in [2.05, 4.69) is 4.99 Å². The Hall–Kier alpha value is -2.20. The quantitative estimate of drug-likeness (QED) is 0.707. The highest BCUT2D eigenvalue weighted by atomic mass is 35.5. The SMILES string of the molecule is Oc1ccc(C2=NCCc3c2cc(O)c(O)c3Cl)cc1. The van der Waals surface area contributed by atoms with E-state index in [1.165, 1.54) is 6.07 Å². The second-order valence-corrected chi connectivity index (χ2v) is 4.99. The van der Waals surface area contributed by atoms with Gasteiger partial charge in [0.15, 0.2) is 11.5 Å². The van der Waals surface area contributed by atoms with E-state index in [1.807, 2.05) is 0 Å². The third-order valence-corrected chi connectivity index (χ3v) is 3.76. The molecule has 5 heteroatoms. The molecule has 102 valence electrons. The molecule has 0 bridgehead atoms. The van der Waals surface area contributed by atoms with E-state index in [0.717, 1.165) is 11.1 Å². The van der Waals surface area contributed by atoms with Gasteiger partial charge >= 0.3 is 0 Å². The molecule has 4 nitrogen and oxygen atoms in total. The first-order valence-electron chi connectivity index (χ1n) is 6.15. The second-order valence-electron chi connectivity index (χ2n) is 4.61. The topological polar surface area (TPSA) is 73.1 Å². The Balaban J connectivity index is 2.18. The summed E-state index contributed by atoms with van der Waals surface area (Å²) < 4.78 is 0. The summed E-state index contributed by atoms with van der Waals surface area (Å²) >= 11 is 6.09. The van der Waals surface area contributed by atoms with Crippen LogP contribution < -0.4 is 0 Å². The first-order chi connectivity index (χ1) is 9.58. The minimum atomic E-state index is -0.294. The van der Waals surface area contributed by atoms with Crippen molar-refractivity contribution >= 4 is 17.3 Å². The van der Waals surface area contributed by atoms with E-state index in [1.54, 1.807) is 24.3 Å². The fraction of sp³-hybridized carbons (Fsp3) is 0.133. The van der Waals surface area contributed by atoms with Crippen LogP contribution in [0.5, 0.6) is 17.2 Å². The number of hydrogen-bond acceptors (Lipinski definition) is 4. The molecule has 0 spiro atoms. The Kier molecular flexibility index (Phi) is 3.03. The van der Waals surface area contributed by atoms with Crippen LogP contribution in [0.1, 0.15) is 16.7 Å². The van der Waals surface area contributed by atoms with Gasteiger partial charge in [-0.25, -0.2) is 0 Å². The summed E-state index contributed by atoms with van der Waals surface area (Å²) in [6.45, 7) is 0.563. The summed E-state index contributed by atoms with van der Waals surface area (Å²) in [6, 6.07) is 8.13. The molecule has 2 aromatic carbocycles. The normalized spacial score (nSPS) is 13.8. The first kappa shape index (κ1) is 12.8. The third-order valence-electron chi connectivity index (χ3n) is 3.35. The summed E-state index contributed by atoms with van der Waals surface area (Å²) in [4.78, 5) is 4.47. The zero-order chi connectivity index (χ0) is 14.3. The number of benzene rings is 2. The standard InChI is InChI=1S/C15H12ClNO3/c16-13-10-5-6-17-14(8-1-3-9(18)4-2-8)11(10)7-12(19)15(13)20/h1-4,7,18-20H,5-6H2. The molecule has 3 rings (SSSR count). The summed E-state index contributed by atoms with van der Waals surface area (Å²) in [5.41, 5.74) is 3.01. The molecule has 0 saturated heterocycles. The van der Waals surface area contributed by atoms with Crippen molar-refractivity contribution in [1.29, 1.82) is 0 Å². The lowest BCUT2D eigenvalue weighted by Gasteiger charge is -2.19. The second kappa shape index (κ2) is 4.72. The number of halogens is 1. The Bertz CT molecular complexity index is 708. The van der Waals surface area contributed by atoms with Crippen LogP contribution in [0.25, 0.3) is 0 Å². The van der Waals surface area contributed by atoms with Gasteiger partial charge < -0.3 is 15.3 Å². The van der Waals surface area contributed by atoms with Crippen molar-refractivity contribution in [2.45, 2.75) is 6.42 Å². The van der Waals surface area contributed by atoms with Crippen LogP contribution in [-0.2, 0) is 6.42 Å². The summed E-state index contributed by atoms with van der Waals surface area (Å²) in [6.07, 6.45) is 0.615. The lowest BCUT2D eigenvalue weighted by atomic mass is 9.92. The maximum atomic E-state index is 9.74. The van der Waals surface area contributed by atoms with Crippen molar-refractivity contribution in [3.05, 3.63) is 52.0 Å². The van der Waals surface area contributed by atoms with Crippen LogP contribution in [0.15, 0.2) is 35.3 Å². The Morgan fingerprint density at radius 3 is 2.45 bits per heavy atom. The third kappa shape index (κ3) is 1.98. The van der Waals surface area contributed by atoms with Crippen LogP contribution in [-0.4, -0.2) is 27.6 Å². The van der Waals surface area contributed by atoms with Gasteiger partial charge in [-0.15, -0.1) is 0 Å². The number of phenols is 3. The van der Waals surface area contributed by atoms with E-state index < -0.39 is 0 Å². The molecule has 0 aliphatic carbocycles. The minimum absolute atomic E-state index is 0.172. The van der Waals surface area contributed by atoms with Crippen LogP contribution in [0.3, 0.4) is 0 Å². The maximum Gasteiger partial charge on any atom is 0.176 e. The number of nitrogens with zero attached hydrogens (tertiary/aromatic N) is 1. The molecule has 2 aromatic rings. The average molecular weight is 290 g/mol. The summed E-state index contributed by atoms with van der Waals surface area (Å²) in [5.74, 6) is -0.378. The molecule has 0 amide bonds. The monoisotopic (exact) mass is 289 g/mol. The van der Waals surface area contributed by atoms with Gasteiger partial charge in [0.05, 0.1) is 10.7 Å². The van der Waals surface area contributed by atoms with Gasteiger partial charge in [-0.3, -0.25) is 4.99 Å². The Morgan fingerprint density at radius 1 is 1.05 bits per heavy atom. The zero-order valence-corrected chi connectivity index (χ0v) is 11.2. The number of aromatic hydroxyl groups is 3. The van der Waals surface area contributed by atoms with Crippen molar-refractivity contribution in [3.63, 3.8) is 0 Å². The van der Waals surface area contributed by atoms with E-state index in [4.69, 9.17) is 11.6 Å². The highest BCUT2D eigenvalue weighted by Gasteiger charge is 2.22. The smallest absolute Gasteiger partial charge is 0.176 e. The number of rotatable bonds is 1. The molecule has 1 aliphatic rings. The molecule has 1 aliphatic heterocycles. The summed E-state index contributed by atoms with van der Waals surface area (Å²) in [7, 11) is 0. The predicted octanol–water partition coefficient (Wildman–Crippen LogP) is 2.85. The Labute approximate surface area is 120 Å². The van der Waals surface area contributed by atoms with Crippen molar-refractivity contribution in [2.75, 3.05) is 6.54 Å². The average Bonchev–Trinajstić information content (AvgIpc) is 2.45. The van der Waals surface area contributed by atoms with E-state index in [-0.39, 0.29) is 22.3 Å². The van der Waals surface area contributed by atoms with E-state index in [9.17, 15) is 15.3 Å². The minimum Gasteiger partial charge on any atom is -0.508 e. The molecule has 0 saturated carbocycles. The fourth-order valence-corrected chi connectivity index (χ4v) is 2.65. The molecule has 0 aromatic heterocycles. The number of hydrogen-bond donors (Lipinski definition) is 3. The molecule has 1 heterocycles. The molecule has 0 radical (unpaired) electrons. The van der Waals surface area contributed by atoms with Crippen molar-refractivity contribution in [3.8, 4) is 17.2 Å². The highest BCUT2D eigenvalue weighted by molar-refractivity contribution is 6.34. The molecule has 20 heavy (non-hydrogen) atoms. The predicted molar refractivity (Wildman–Crippen MR) is 77.1 cm³/mol. The van der Waals surface area contributed by atoms with Crippen LogP contribution in [0.2, 0.25) is 5.02 Å². The fourth-order valence-electron chi connectivity index (χ4n) is 2.35. The number of phenolic OH excluding ortho intramolecular Hbond substituents is 3. The number of aliphatic imine (C=N–C) groups is 1. The molecule has 0 fully saturated rings. The van der Waals surface area contributed by atoms with E-state index in [0.29, 0.717) is 24.2 Å². The van der Waals surface area contributed by atoms with Crippen LogP contribution in [0.4, 0.5) is 0 Å². The van der Waals surface area contributed by atoms with Gasteiger partial charge in [-0.05, 0) is 42.3 Å². The van der Waals surface area contributed by atoms with Crippen LogP contribution in [0, 0.1) is 0 Å².